The molecular formula is C23H22O7S. The lowest BCUT2D eigenvalue weighted by molar-refractivity contribution is 0.0693. The predicted octanol–water partition coefficient (Wildman–Crippen LogP) is 4.53. The van der Waals surface area contributed by atoms with Gasteiger partial charge in [0.25, 0.3) is 0 Å². The van der Waals surface area contributed by atoms with E-state index in [1.807, 2.05) is 30.3 Å². The van der Waals surface area contributed by atoms with Gasteiger partial charge in [0.2, 0.25) is 16.0 Å². The molecule has 0 heterocycles. The van der Waals surface area contributed by atoms with Crippen molar-refractivity contribution < 1.29 is 33.2 Å². The van der Waals surface area contributed by atoms with E-state index in [4.69, 9.17) is 14.6 Å². The summed E-state index contributed by atoms with van der Waals surface area (Å²) in [6.07, 6.45) is 0.141. The summed E-state index contributed by atoms with van der Waals surface area (Å²) in [4.78, 5) is 9.46. The molecule has 2 unspecified atom stereocenters. The summed E-state index contributed by atoms with van der Waals surface area (Å²) in [6.45, 7) is 2.08. The fraction of sp³-hybridized carbons (Fsp3) is 0.174. The van der Waals surface area contributed by atoms with Gasteiger partial charge in [0, 0.05) is 18.1 Å². The third-order valence-electron chi connectivity index (χ3n) is 4.77. The van der Waals surface area contributed by atoms with E-state index in [2.05, 4.69) is 0 Å². The van der Waals surface area contributed by atoms with E-state index in [-0.39, 0.29) is 17.7 Å². The fourth-order valence-electron chi connectivity index (χ4n) is 3.09. The molecule has 0 bridgehead atoms. The van der Waals surface area contributed by atoms with Crippen LogP contribution in [0.15, 0.2) is 72.8 Å². The Bertz CT molecular complexity index is 1070. The molecule has 3 N–H and O–H groups in total. The molecule has 7 nitrogen and oxygen atoms in total. The van der Waals surface area contributed by atoms with Gasteiger partial charge < -0.3 is 24.2 Å². The smallest absolute Gasteiger partial charge is 0.339 e. The molecule has 8 heteroatoms. The van der Waals surface area contributed by atoms with Crippen molar-refractivity contribution in [1.29, 1.82) is 0 Å². The van der Waals surface area contributed by atoms with Gasteiger partial charge in [-0.25, -0.2) is 9.00 Å². The molecule has 3 rings (SSSR count). The van der Waals surface area contributed by atoms with Crippen molar-refractivity contribution in [2.75, 3.05) is 0 Å². The quantitative estimate of drug-likeness (QED) is 0.417. The molecule has 31 heavy (non-hydrogen) atoms. The van der Waals surface area contributed by atoms with E-state index >= 15 is 0 Å². The van der Waals surface area contributed by atoms with Crippen LogP contribution >= 0.6 is 0 Å². The molecule has 3 aromatic rings. The molecular weight excluding hydrogens is 420 g/mol. The van der Waals surface area contributed by atoms with Crippen LogP contribution in [-0.4, -0.2) is 24.9 Å². The molecule has 0 saturated carbocycles. The highest BCUT2D eigenvalue weighted by Gasteiger charge is 2.40. The van der Waals surface area contributed by atoms with Gasteiger partial charge in [0.15, 0.2) is 0 Å². The van der Waals surface area contributed by atoms with Crippen LogP contribution in [0.4, 0.5) is 0 Å². The van der Waals surface area contributed by atoms with E-state index < -0.39 is 27.7 Å². The highest BCUT2D eigenvalue weighted by atomic mass is 32.2. The van der Waals surface area contributed by atoms with Crippen LogP contribution in [0.2, 0.25) is 0 Å². The first-order valence-electron chi connectivity index (χ1n) is 9.49. The lowest BCUT2D eigenvalue weighted by Gasteiger charge is -2.30. The zero-order valence-corrected chi connectivity index (χ0v) is 17.5. The van der Waals surface area contributed by atoms with Crippen LogP contribution in [0.5, 0.6) is 17.2 Å². The van der Waals surface area contributed by atoms with Gasteiger partial charge in [0.05, 0.1) is 0 Å². The third kappa shape index (κ3) is 5.04. The number of carboxylic acid groups (broad SMARTS) is 1. The van der Waals surface area contributed by atoms with Gasteiger partial charge in [-0.15, -0.1) is 0 Å². The molecule has 0 amide bonds. The average molecular weight is 442 g/mol. The van der Waals surface area contributed by atoms with Crippen LogP contribution in [0, 0.1) is 0 Å². The van der Waals surface area contributed by atoms with Gasteiger partial charge in [-0.3, -0.25) is 0 Å². The van der Waals surface area contributed by atoms with Gasteiger partial charge >= 0.3 is 5.97 Å². The van der Waals surface area contributed by atoms with E-state index in [9.17, 15) is 18.7 Å². The molecule has 0 spiro atoms. The second-order valence-electron chi connectivity index (χ2n) is 6.74. The van der Waals surface area contributed by atoms with E-state index in [1.54, 1.807) is 31.2 Å². The van der Waals surface area contributed by atoms with Gasteiger partial charge in [-0.2, -0.15) is 0 Å². The van der Waals surface area contributed by atoms with Crippen molar-refractivity contribution in [3.63, 3.8) is 0 Å². The highest BCUT2D eigenvalue weighted by molar-refractivity contribution is 7.80. The number of hydrogen-bond acceptors (Lipinski definition) is 5. The number of aromatic hydroxyl groups is 1. The zero-order chi connectivity index (χ0) is 22.4. The molecule has 0 aliphatic rings. The molecule has 0 aliphatic carbocycles. The number of rotatable bonds is 9. The number of hydrogen-bond donors (Lipinski definition) is 3. The lowest BCUT2D eigenvalue weighted by atomic mass is 10.1. The number of carboxylic acids is 1. The lowest BCUT2D eigenvalue weighted by Crippen LogP contribution is -2.37. The first-order valence-corrected chi connectivity index (χ1v) is 10.6. The van der Waals surface area contributed by atoms with Crippen LogP contribution < -0.4 is 9.47 Å². The molecule has 0 saturated heterocycles. The first-order chi connectivity index (χ1) is 14.9. The Kier molecular flexibility index (Phi) is 6.94. The molecule has 0 aromatic heterocycles. The van der Waals surface area contributed by atoms with Crippen LogP contribution in [-0.2, 0) is 22.6 Å². The molecule has 2 atom stereocenters. The monoisotopic (exact) mass is 442 g/mol. The number of aromatic carboxylic acids is 1. The highest BCUT2D eigenvalue weighted by Crippen LogP contribution is 2.36. The zero-order valence-electron chi connectivity index (χ0n) is 16.7. The number of benzene rings is 3. The standard InChI is InChI=1S/C23H22O7S/c1-2-23(31(27)28,30-19-12-13-20(22(25)26)21(24)14-19)17-8-10-18(11-9-17)29-15-16-6-4-3-5-7-16/h3-14,24H,2,15H2,1H3,(H,25,26)(H,27,28). The maximum absolute atomic E-state index is 12.3. The van der Waals surface area contributed by atoms with Crippen molar-refractivity contribution in [3.05, 3.63) is 89.5 Å². The Morgan fingerprint density at radius 3 is 2.19 bits per heavy atom. The summed E-state index contributed by atoms with van der Waals surface area (Å²) in [5.41, 5.74) is 1.16. The summed E-state index contributed by atoms with van der Waals surface area (Å²) in [5.74, 6) is -1.13. The fourth-order valence-corrected chi connectivity index (χ4v) is 3.84. The second kappa shape index (κ2) is 9.63. The Balaban J connectivity index is 1.83. The maximum atomic E-state index is 12.3. The normalized spacial score (nSPS) is 13.7. The molecule has 162 valence electrons. The Hall–Kier alpha value is -3.36. The summed E-state index contributed by atoms with van der Waals surface area (Å²) < 4.78 is 34.0. The Morgan fingerprint density at radius 1 is 1.00 bits per heavy atom. The SMILES string of the molecule is CCC(Oc1ccc(C(=O)O)c(O)c1)(c1ccc(OCc2ccccc2)cc1)S(=O)O. The Morgan fingerprint density at radius 2 is 1.65 bits per heavy atom. The Labute approximate surface area is 182 Å². The van der Waals surface area contributed by atoms with Crippen molar-refractivity contribution in [3.8, 4) is 17.2 Å². The van der Waals surface area contributed by atoms with Crippen molar-refractivity contribution >= 4 is 17.0 Å². The van der Waals surface area contributed by atoms with E-state index in [1.165, 1.54) is 12.1 Å². The van der Waals surface area contributed by atoms with Crippen LogP contribution in [0.3, 0.4) is 0 Å². The van der Waals surface area contributed by atoms with Crippen molar-refractivity contribution in [2.24, 2.45) is 0 Å². The first kappa shape index (κ1) is 22.3. The maximum Gasteiger partial charge on any atom is 0.339 e. The van der Waals surface area contributed by atoms with Crippen molar-refractivity contribution in [2.45, 2.75) is 24.9 Å². The van der Waals surface area contributed by atoms with E-state index in [0.29, 0.717) is 17.9 Å². The van der Waals surface area contributed by atoms with Crippen LogP contribution in [0.25, 0.3) is 0 Å². The summed E-state index contributed by atoms with van der Waals surface area (Å²) in [5, 5.41) is 19.0. The molecule has 0 aliphatic heterocycles. The third-order valence-corrected chi connectivity index (χ3v) is 5.94. The largest absolute Gasteiger partial charge is 0.507 e. The van der Waals surface area contributed by atoms with Crippen molar-refractivity contribution in [1.82, 2.24) is 0 Å². The van der Waals surface area contributed by atoms with Gasteiger partial charge in [0.1, 0.15) is 29.4 Å². The molecule has 0 radical (unpaired) electrons. The van der Waals surface area contributed by atoms with Crippen LogP contribution in [0.1, 0.15) is 34.8 Å². The minimum Gasteiger partial charge on any atom is -0.507 e. The summed E-state index contributed by atoms with van der Waals surface area (Å²) >= 11 is -2.44. The molecule has 0 fully saturated rings. The van der Waals surface area contributed by atoms with Gasteiger partial charge in [-0.05, 0) is 29.8 Å². The predicted molar refractivity (Wildman–Crippen MR) is 116 cm³/mol. The van der Waals surface area contributed by atoms with E-state index in [0.717, 1.165) is 11.6 Å². The number of phenols is 1. The summed E-state index contributed by atoms with van der Waals surface area (Å²) in [6, 6.07) is 19.9. The second-order valence-corrected chi connectivity index (χ2v) is 7.90. The number of ether oxygens (including phenoxy) is 2. The van der Waals surface area contributed by atoms with Gasteiger partial charge in [-0.1, -0.05) is 49.4 Å². The topological polar surface area (TPSA) is 113 Å². The minimum atomic E-state index is -2.44. The average Bonchev–Trinajstić information content (AvgIpc) is 2.77. The molecule has 3 aromatic carbocycles. The summed E-state index contributed by atoms with van der Waals surface area (Å²) in [7, 11) is 0. The minimum absolute atomic E-state index is 0.0659. The number of carbonyl (C=O) groups is 1.